The third-order valence-electron chi connectivity index (χ3n) is 8.99. The molecule has 51 heavy (non-hydrogen) atoms. The third kappa shape index (κ3) is 9.64. The third-order valence-corrected chi connectivity index (χ3v) is 8.99. The lowest BCUT2D eigenvalue weighted by atomic mass is 9.99. The Morgan fingerprint density at radius 3 is 2.24 bits per heavy atom. The maximum Gasteiger partial charge on any atom is 0.338 e. The van der Waals surface area contributed by atoms with Crippen LogP contribution in [0.25, 0.3) is 0 Å². The molecule has 0 bridgehead atoms. The second-order valence-electron chi connectivity index (χ2n) is 12.9. The summed E-state index contributed by atoms with van der Waals surface area (Å²) >= 11 is 0. The lowest BCUT2D eigenvalue weighted by Gasteiger charge is -2.30. The second kappa shape index (κ2) is 16.8. The van der Waals surface area contributed by atoms with E-state index in [1.807, 2.05) is 36.4 Å². The number of likely N-dealkylation sites (tertiary alicyclic amines) is 1. The predicted octanol–water partition coefficient (Wildman–Crippen LogP) is 2.10. The summed E-state index contributed by atoms with van der Waals surface area (Å²) in [5.41, 5.74) is 3.85. The van der Waals surface area contributed by atoms with E-state index in [2.05, 4.69) is 23.0 Å². The smallest absolute Gasteiger partial charge is 0.338 e. The maximum absolute atomic E-state index is 13.8. The lowest BCUT2D eigenvalue weighted by molar-refractivity contribution is -0.911. The number of nitrogens with one attached hydrogen (secondary N) is 3. The normalized spacial score (nSPS) is 17.8. The van der Waals surface area contributed by atoms with Crippen molar-refractivity contribution >= 4 is 29.4 Å². The summed E-state index contributed by atoms with van der Waals surface area (Å²) in [5, 5.41) is 8.78. The van der Waals surface area contributed by atoms with Crippen LogP contribution in [0.4, 0.5) is 10.5 Å². The summed E-state index contributed by atoms with van der Waals surface area (Å²) in [4.78, 5) is 52.0. The molecule has 266 valence electrons. The molecule has 4 aromatic carbocycles. The van der Waals surface area contributed by atoms with E-state index in [-0.39, 0.29) is 61.5 Å². The molecule has 4 aromatic rings. The summed E-state index contributed by atoms with van der Waals surface area (Å²) in [6.07, 6.45) is 0.992. The van der Waals surface area contributed by atoms with Crippen molar-refractivity contribution in [1.82, 2.24) is 10.6 Å². The number of esters is 1. The Bertz CT molecular complexity index is 1850. The van der Waals surface area contributed by atoms with Gasteiger partial charge in [0.25, 0.3) is 0 Å². The van der Waals surface area contributed by atoms with Gasteiger partial charge < -0.3 is 58.6 Å². The highest BCUT2D eigenvalue weighted by Crippen LogP contribution is 2.34. The van der Waals surface area contributed by atoms with Crippen LogP contribution in [0, 0.1) is 0 Å². The fourth-order valence-electron chi connectivity index (χ4n) is 6.45. The minimum absolute atomic E-state index is 0. The Labute approximate surface area is 314 Å². The number of carbonyl (C=O) groups excluding carboxylic acids is 4. The molecule has 0 aliphatic carbocycles. The van der Waals surface area contributed by atoms with Crippen LogP contribution < -0.4 is 49.4 Å². The molecule has 3 amide bonds. The van der Waals surface area contributed by atoms with Crippen molar-refractivity contribution in [3.63, 3.8) is 0 Å². The number of hydrogen-bond donors (Lipinski definition) is 3. The van der Waals surface area contributed by atoms with Crippen LogP contribution in [0.2, 0.25) is 0 Å². The van der Waals surface area contributed by atoms with Crippen molar-refractivity contribution in [2.24, 2.45) is 0 Å². The van der Waals surface area contributed by atoms with Crippen molar-refractivity contribution in [1.29, 1.82) is 0 Å². The number of benzene rings is 4. The van der Waals surface area contributed by atoms with Gasteiger partial charge in [0.05, 0.1) is 38.3 Å². The molecule has 0 aromatic heterocycles. The highest BCUT2D eigenvalue weighted by molar-refractivity contribution is 6.09. The number of halogens is 1. The molecule has 3 atom stereocenters. The summed E-state index contributed by atoms with van der Waals surface area (Å²) in [5.74, 6) is 0.647. The van der Waals surface area contributed by atoms with Gasteiger partial charge in [0.2, 0.25) is 12.7 Å². The first-order valence-corrected chi connectivity index (χ1v) is 16.7. The van der Waals surface area contributed by atoms with Gasteiger partial charge in [0.15, 0.2) is 17.3 Å². The van der Waals surface area contributed by atoms with Crippen molar-refractivity contribution in [2.45, 2.75) is 38.4 Å². The highest BCUT2D eigenvalue weighted by atomic mass is 127. The number of quaternary nitrogens is 1. The Morgan fingerprint density at radius 2 is 1.51 bits per heavy atom. The van der Waals surface area contributed by atoms with E-state index in [1.165, 1.54) is 0 Å². The molecule has 0 radical (unpaired) electrons. The largest absolute Gasteiger partial charge is 1.00 e. The van der Waals surface area contributed by atoms with E-state index in [9.17, 15) is 19.2 Å². The predicted molar refractivity (Wildman–Crippen MR) is 187 cm³/mol. The van der Waals surface area contributed by atoms with Gasteiger partial charge in [-0.2, -0.15) is 0 Å². The number of ether oxygens (including phenoxy) is 3. The topological polar surface area (TPSA) is 132 Å². The molecule has 1 fully saturated rings. The second-order valence-corrected chi connectivity index (χ2v) is 12.9. The van der Waals surface area contributed by atoms with Gasteiger partial charge in [-0.3, -0.25) is 9.59 Å². The van der Waals surface area contributed by atoms with Crippen molar-refractivity contribution in [3.8, 4) is 11.5 Å². The van der Waals surface area contributed by atoms with Crippen molar-refractivity contribution in [2.75, 3.05) is 38.9 Å². The molecule has 0 spiro atoms. The molecule has 2 aliphatic heterocycles. The standard InChI is InChI=1S/C39H40N4O7.HI/c1-3-48-38(46)30-14-16-31(17-15-30)41-39(47)42-33(21-26-9-12-29(13-10-26)36(44)28-7-5-4-6-8-28)37(45)40-32-19-20-43(2,24-32)23-27-11-18-34-35(22-27)50-25-49-34;/h4-18,22,32-33H,3,19-21,23-25H2,1-2H3,(H2-,40,41,42,45,46,47);1H/t32-,33-,43?;/m0./s1. The number of rotatable bonds is 12. The monoisotopic (exact) mass is 804 g/mol. The number of amides is 3. The van der Waals surface area contributed by atoms with Gasteiger partial charge in [-0.25, -0.2) is 9.59 Å². The number of hydrogen-bond acceptors (Lipinski definition) is 7. The van der Waals surface area contributed by atoms with E-state index in [0.717, 1.165) is 53.2 Å². The SMILES string of the molecule is CCOC(=O)c1ccc(NC(=O)N[C@@H](Cc2ccc(C(=O)c3ccccc3)cc2)C(=O)N[C@H]2CC[N+](C)(Cc3ccc4c(c3)OCO4)C2)cc1.[I-]. The number of anilines is 1. The fraction of sp³-hybridized carbons (Fsp3) is 0.282. The minimum atomic E-state index is -0.905. The van der Waals surface area contributed by atoms with Crippen LogP contribution in [-0.2, 0) is 22.5 Å². The molecular formula is C39H41IN4O7. The summed E-state index contributed by atoms with van der Waals surface area (Å²) < 4.78 is 16.8. The molecule has 3 N–H and O–H groups in total. The fourth-order valence-corrected chi connectivity index (χ4v) is 6.45. The maximum atomic E-state index is 13.8. The van der Waals surface area contributed by atoms with E-state index in [1.54, 1.807) is 67.6 Å². The molecule has 12 heteroatoms. The average molecular weight is 805 g/mol. The zero-order chi connectivity index (χ0) is 35.1. The number of urea groups is 1. The quantitative estimate of drug-likeness (QED) is 0.0866. The molecule has 1 unspecified atom stereocenters. The summed E-state index contributed by atoms with van der Waals surface area (Å²) in [6.45, 7) is 4.59. The van der Waals surface area contributed by atoms with Gasteiger partial charge >= 0.3 is 12.0 Å². The van der Waals surface area contributed by atoms with Crippen molar-refractivity contribution < 1.29 is 61.8 Å². The van der Waals surface area contributed by atoms with Crippen molar-refractivity contribution in [3.05, 3.63) is 125 Å². The van der Waals surface area contributed by atoms with E-state index < -0.39 is 18.0 Å². The van der Waals surface area contributed by atoms with Crippen LogP contribution in [0.3, 0.4) is 0 Å². The van der Waals surface area contributed by atoms with Gasteiger partial charge in [0, 0.05) is 35.2 Å². The van der Waals surface area contributed by atoms with E-state index >= 15 is 0 Å². The first-order valence-electron chi connectivity index (χ1n) is 16.7. The Hall–Kier alpha value is -4.95. The molecule has 2 aliphatic rings. The van der Waals surface area contributed by atoms with Gasteiger partial charge in [-0.15, -0.1) is 0 Å². The van der Waals surface area contributed by atoms with Crippen LogP contribution in [0.1, 0.15) is 50.8 Å². The summed E-state index contributed by atoms with van der Waals surface area (Å²) in [6, 6.07) is 26.9. The molecule has 1 saturated heterocycles. The molecule has 11 nitrogen and oxygen atoms in total. The van der Waals surface area contributed by atoms with Gasteiger partial charge in [-0.1, -0.05) is 54.6 Å². The lowest BCUT2D eigenvalue weighted by Crippen LogP contribution is -3.00. The van der Waals surface area contributed by atoms with E-state index in [0.29, 0.717) is 22.4 Å². The minimum Gasteiger partial charge on any atom is -1.00 e. The summed E-state index contributed by atoms with van der Waals surface area (Å²) in [7, 11) is 2.17. The Balaban J connectivity index is 0.00000504. The van der Waals surface area contributed by atoms with Gasteiger partial charge in [0.1, 0.15) is 12.6 Å². The van der Waals surface area contributed by atoms with Crippen LogP contribution in [0.5, 0.6) is 11.5 Å². The Kier molecular flexibility index (Phi) is 12.3. The van der Waals surface area contributed by atoms with Crippen LogP contribution in [-0.4, -0.2) is 73.8 Å². The van der Waals surface area contributed by atoms with Crippen LogP contribution in [0.15, 0.2) is 97.1 Å². The molecule has 0 saturated carbocycles. The molecule has 6 rings (SSSR count). The average Bonchev–Trinajstić information content (AvgIpc) is 3.74. The van der Waals surface area contributed by atoms with E-state index in [4.69, 9.17) is 14.2 Å². The Morgan fingerprint density at radius 1 is 0.843 bits per heavy atom. The zero-order valence-corrected chi connectivity index (χ0v) is 30.7. The number of fused-ring (bicyclic) bond motifs is 1. The van der Waals surface area contributed by atoms with Crippen LogP contribution >= 0.6 is 0 Å². The number of ketones is 1. The molecular weight excluding hydrogens is 763 g/mol. The number of carbonyl (C=O) groups is 4. The highest BCUT2D eigenvalue weighted by Gasteiger charge is 2.37. The zero-order valence-electron chi connectivity index (χ0n) is 28.5. The number of likely N-dealkylation sites (N-methyl/N-ethyl adjacent to an activating group) is 1. The van der Waals surface area contributed by atoms with Gasteiger partial charge in [-0.05, 0) is 55.0 Å². The number of nitrogens with zero attached hydrogens (tertiary/aromatic N) is 1. The molecule has 2 heterocycles. The first-order chi connectivity index (χ1) is 24.2. The first kappa shape index (κ1) is 37.3.